The first-order valence-corrected chi connectivity index (χ1v) is 7.20. The van der Waals surface area contributed by atoms with Gasteiger partial charge in [-0.15, -0.1) is 0 Å². The zero-order valence-electron chi connectivity index (χ0n) is 13.0. The molecule has 2 aromatic rings. The van der Waals surface area contributed by atoms with Crippen LogP contribution in [0, 0.1) is 6.92 Å². The molecule has 0 aliphatic carbocycles. The normalized spacial score (nSPS) is 10.9. The van der Waals surface area contributed by atoms with Gasteiger partial charge >= 0.3 is 5.69 Å². The van der Waals surface area contributed by atoms with Gasteiger partial charge in [-0.3, -0.25) is 14.3 Å². The number of nitrogens with one attached hydrogen (secondary N) is 1. The van der Waals surface area contributed by atoms with E-state index in [-0.39, 0.29) is 11.5 Å². The molecule has 8 nitrogen and oxygen atoms in total. The average molecular weight is 307 g/mol. The molecule has 0 fully saturated rings. The Balaban J connectivity index is 2.36. The van der Waals surface area contributed by atoms with Gasteiger partial charge in [0.25, 0.3) is 5.56 Å². The molecular weight excluding hydrogens is 286 g/mol. The standard InChI is InChI=1S/C14H21N5O3/c1-4-5-6-19-12(15)11(13(20)16-14(19)21)18(3)8-10-7-9(2)22-17-10/h7H,4-6,8,15H2,1-3H3,(H,16,20,21). The van der Waals surface area contributed by atoms with E-state index in [0.29, 0.717) is 24.5 Å². The van der Waals surface area contributed by atoms with Crippen LogP contribution >= 0.6 is 0 Å². The quantitative estimate of drug-likeness (QED) is 0.818. The molecule has 3 N–H and O–H groups in total. The van der Waals surface area contributed by atoms with Gasteiger partial charge in [-0.25, -0.2) is 4.79 Å². The summed E-state index contributed by atoms with van der Waals surface area (Å²) in [6.45, 7) is 4.65. The van der Waals surface area contributed by atoms with Crippen molar-refractivity contribution in [3.05, 3.63) is 38.4 Å². The number of nitrogens with two attached hydrogens (primary N) is 1. The molecule has 8 heteroatoms. The van der Waals surface area contributed by atoms with Crippen LogP contribution in [0.2, 0.25) is 0 Å². The maximum absolute atomic E-state index is 12.1. The monoisotopic (exact) mass is 307 g/mol. The van der Waals surface area contributed by atoms with Crippen LogP contribution in [0.5, 0.6) is 0 Å². The first-order chi connectivity index (χ1) is 10.4. The van der Waals surface area contributed by atoms with Crippen molar-refractivity contribution < 1.29 is 4.52 Å². The zero-order chi connectivity index (χ0) is 16.3. The Bertz CT molecular complexity index is 759. The third-order valence-electron chi connectivity index (χ3n) is 3.41. The fraction of sp³-hybridized carbons (Fsp3) is 0.500. The van der Waals surface area contributed by atoms with Crippen LogP contribution in [0.3, 0.4) is 0 Å². The molecule has 2 aromatic heterocycles. The summed E-state index contributed by atoms with van der Waals surface area (Å²) in [5.74, 6) is 0.864. The van der Waals surface area contributed by atoms with Crippen molar-refractivity contribution in [1.29, 1.82) is 0 Å². The summed E-state index contributed by atoms with van der Waals surface area (Å²) in [7, 11) is 1.72. The highest BCUT2D eigenvalue weighted by Gasteiger charge is 2.17. The van der Waals surface area contributed by atoms with E-state index in [1.54, 1.807) is 24.9 Å². The van der Waals surface area contributed by atoms with E-state index in [1.807, 2.05) is 6.92 Å². The molecule has 0 spiro atoms. The third kappa shape index (κ3) is 3.21. The van der Waals surface area contributed by atoms with Crippen molar-refractivity contribution in [2.24, 2.45) is 0 Å². The molecule has 0 aliphatic heterocycles. The number of aryl methyl sites for hydroxylation is 1. The second-order valence-electron chi connectivity index (χ2n) is 5.28. The number of aromatic nitrogens is 3. The molecule has 0 aromatic carbocycles. The Labute approximate surface area is 127 Å². The molecule has 0 atom stereocenters. The van der Waals surface area contributed by atoms with Gasteiger partial charge in [0.2, 0.25) is 0 Å². The molecule has 0 unspecified atom stereocenters. The van der Waals surface area contributed by atoms with Crippen LogP contribution < -0.4 is 21.9 Å². The number of H-pyrrole nitrogens is 1. The van der Waals surface area contributed by atoms with Gasteiger partial charge in [0, 0.05) is 19.7 Å². The van der Waals surface area contributed by atoms with Crippen molar-refractivity contribution in [3.8, 4) is 0 Å². The van der Waals surface area contributed by atoms with Crippen LogP contribution in [0.25, 0.3) is 0 Å². The summed E-state index contributed by atoms with van der Waals surface area (Å²) < 4.78 is 6.40. The maximum Gasteiger partial charge on any atom is 0.330 e. The lowest BCUT2D eigenvalue weighted by molar-refractivity contribution is 0.390. The maximum atomic E-state index is 12.1. The number of rotatable bonds is 6. The van der Waals surface area contributed by atoms with Gasteiger partial charge in [0.1, 0.15) is 23.0 Å². The van der Waals surface area contributed by atoms with Crippen molar-refractivity contribution in [1.82, 2.24) is 14.7 Å². The molecule has 0 amide bonds. The van der Waals surface area contributed by atoms with Crippen molar-refractivity contribution >= 4 is 11.5 Å². The third-order valence-corrected chi connectivity index (χ3v) is 3.41. The van der Waals surface area contributed by atoms with E-state index < -0.39 is 11.2 Å². The van der Waals surface area contributed by atoms with E-state index in [4.69, 9.17) is 10.3 Å². The summed E-state index contributed by atoms with van der Waals surface area (Å²) in [5, 5.41) is 3.89. The summed E-state index contributed by atoms with van der Waals surface area (Å²) in [6.07, 6.45) is 1.73. The lowest BCUT2D eigenvalue weighted by atomic mass is 10.3. The molecule has 2 heterocycles. The molecule has 0 bridgehead atoms. The van der Waals surface area contributed by atoms with E-state index in [2.05, 4.69) is 10.1 Å². The Morgan fingerprint density at radius 2 is 2.18 bits per heavy atom. The first-order valence-electron chi connectivity index (χ1n) is 7.20. The summed E-state index contributed by atoms with van der Waals surface area (Å²) in [6, 6.07) is 1.79. The lowest BCUT2D eigenvalue weighted by Gasteiger charge is -2.20. The minimum atomic E-state index is -0.502. The van der Waals surface area contributed by atoms with Crippen molar-refractivity contribution in [3.63, 3.8) is 0 Å². The van der Waals surface area contributed by atoms with Crippen molar-refractivity contribution in [2.45, 2.75) is 39.8 Å². The molecule has 0 aliphatic rings. The molecule has 0 saturated heterocycles. The Hall–Kier alpha value is -2.51. The van der Waals surface area contributed by atoms with Crippen LogP contribution in [0.15, 0.2) is 20.2 Å². The smallest absolute Gasteiger partial charge is 0.330 e. The molecule has 22 heavy (non-hydrogen) atoms. The fourth-order valence-corrected chi connectivity index (χ4v) is 2.30. The summed E-state index contributed by atoms with van der Waals surface area (Å²) in [5.41, 5.74) is 6.01. The Morgan fingerprint density at radius 3 is 2.77 bits per heavy atom. The first kappa shape index (κ1) is 15.9. The highest BCUT2D eigenvalue weighted by molar-refractivity contribution is 5.61. The van der Waals surface area contributed by atoms with E-state index in [0.717, 1.165) is 12.8 Å². The number of unbranched alkanes of at least 4 members (excludes halogenated alkanes) is 1. The summed E-state index contributed by atoms with van der Waals surface area (Å²) >= 11 is 0. The van der Waals surface area contributed by atoms with Gasteiger partial charge in [-0.1, -0.05) is 18.5 Å². The minimum absolute atomic E-state index is 0.171. The molecule has 2 rings (SSSR count). The lowest BCUT2D eigenvalue weighted by Crippen LogP contribution is -2.37. The van der Waals surface area contributed by atoms with E-state index in [9.17, 15) is 9.59 Å². The highest BCUT2D eigenvalue weighted by Crippen LogP contribution is 2.17. The SMILES string of the molecule is CCCCn1c(N)c(N(C)Cc2cc(C)on2)c(=O)[nH]c1=O. The van der Waals surface area contributed by atoms with E-state index in [1.165, 1.54) is 4.57 Å². The van der Waals surface area contributed by atoms with Gasteiger partial charge in [-0.2, -0.15) is 0 Å². The second kappa shape index (κ2) is 6.50. The zero-order valence-corrected chi connectivity index (χ0v) is 13.0. The Morgan fingerprint density at radius 1 is 1.45 bits per heavy atom. The number of nitrogens with zero attached hydrogens (tertiary/aromatic N) is 3. The topological polar surface area (TPSA) is 110 Å². The largest absolute Gasteiger partial charge is 0.383 e. The number of nitrogen functional groups attached to an aromatic ring is 1. The van der Waals surface area contributed by atoms with Crippen LogP contribution in [0.1, 0.15) is 31.2 Å². The highest BCUT2D eigenvalue weighted by atomic mass is 16.5. The van der Waals surface area contributed by atoms with Crippen molar-refractivity contribution in [2.75, 3.05) is 17.7 Å². The van der Waals surface area contributed by atoms with Gasteiger partial charge < -0.3 is 15.2 Å². The van der Waals surface area contributed by atoms with Gasteiger partial charge in [0.05, 0.1) is 6.54 Å². The number of aromatic amines is 1. The molecule has 120 valence electrons. The van der Waals surface area contributed by atoms with Gasteiger partial charge in [-0.05, 0) is 13.3 Å². The predicted octanol–water partition coefficient (Wildman–Crippen LogP) is 0.852. The minimum Gasteiger partial charge on any atom is -0.383 e. The molecule has 0 saturated carbocycles. The van der Waals surface area contributed by atoms with Crippen LogP contribution in [-0.4, -0.2) is 21.8 Å². The predicted molar refractivity (Wildman–Crippen MR) is 84.0 cm³/mol. The fourth-order valence-electron chi connectivity index (χ4n) is 2.30. The number of hydrogen-bond donors (Lipinski definition) is 2. The summed E-state index contributed by atoms with van der Waals surface area (Å²) in [4.78, 5) is 27.9. The average Bonchev–Trinajstić information content (AvgIpc) is 2.83. The molecular formula is C14H21N5O3. The number of anilines is 2. The van der Waals surface area contributed by atoms with Crippen LogP contribution in [0.4, 0.5) is 11.5 Å². The van der Waals surface area contributed by atoms with Gasteiger partial charge in [0.15, 0.2) is 0 Å². The Kier molecular flexibility index (Phi) is 4.69. The second-order valence-corrected chi connectivity index (χ2v) is 5.28. The number of hydrogen-bond acceptors (Lipinski definition) is 6. The molecule has 0 radical (unpaired) electrons. The van der Waals surface area contributed by atoms with E-state index >= 15 is 0 Å². The van der Waals surface area contributed by atoms with Crippen LogP contribution in [-0.2, 0) is 13.1 Å².